The number of hydrogen-bond acceptors (Lipinski definition) is 3. The largest absolute Gasteiger partial charge is 0.341 e. The maximum absolute atomic E-state index is 11.9. The molecule has 0 spiro atoms. The Bertz CT molecular complexity index is 416. The molecule has 2 N–H and O–H groups in total. The van der Waals surface area contributed by atoms with Gasteiger partial charge < -0.3 is 10.6 Å². The van der Waals surface area contributed by atoms with Crippen LogP contribution < -0.4 is 5.73 Å². The van der Waals surface area contributed by atoms with E-state index >= 15 is 0 Å². The van der Waals surface area contributed by atoms with E-state index in [9.17, 15) is 4.79 Å². The van der Waals surface area contributed by atoms with Crippen molar-refractivity contribution in [2.24, 2.45) is 5.73 Å². The number of thioether (sulfide) groups is 1. The molecule has 0 aliphatic carbocycles. The minimum absolute atomic E-state index is 0. The molecule has 1 aliphatic rings. The minimum Gasteiger partial charge on any atom is -0.341 e. The standard InChI is InChI=1S/C13H17BrN2OS.ClH/c14-10-1-3-12(4-2-10)18-8-6-13(17)16-7-5-11(15)9-16;/h1-4,11H,5-9,15H2;1H/t11-;/m1./s1. The predicted octanol–water partition coefficient (Wildman–Crippen LogP) is 2.91. The lowest BCUT2D eigenvalue weighted by molar-refractivity contribution is -0.129. The lowest BCUT2D eigenvalue weighted by atomic mass is 10.3. The molecule has 3 nitrogen and oxygen atoms in total. The maximum atomic E-state index is 11.9. The van der Waals surface area contributed by atoms with Gasteiger partial charge in [-0.3, -0.25) is 4.79 Å². The van der Waals surface area contributed by atoms with Gasteiger partial charge in [0.05, 0.1) is 0 Å². The zero-order valence-corrected chi connectivity index (χ0v) is 13.8. The minimum atomic E-state index is 0. The van der Waals surface area contributed by atoms with Crippen LogP contribution in [0.4, 0.5) is 0 Å². The highest BCUT2D eigenvalue weighted by atomic mass is 79.9. The average Bonchev–Trinajstić information content (AvgIpc) is 2.78. The van der Waals surface area contributed by atoms with Crippen molar-refractivity contribution in [3.63, 3.8) is 0 Å². The smallest absolute Gasteiger partial charge is 0.223 e. The van der Waals surface area contributed by atoms with Crippen molar-refractivity contribution in [3.8, 4) is 0 Å². The molecule has 1 aromatic carbocycles. The molecule has 0 aromatic heterocycles. The Morgan fingerprint density at radius 1 is 1.42 bits per heavy atom. The van der Waals surface area contributed by atoms with Crippen molar-refractivity contribution in [1.82, 2.24) is 4.90 Å². The number of carbonyl (C=O) groups is 1. The Morgan fingerprint density at radius 3 is 2.68 bits per heavy atom. The number of nitrogens with two attached hydrogens (primary N) is 1. The molecule has 2 rings (SSSR count). The Hall–Kier alpha value is -0.230. The summed E-state index contributed by atoms with van der Waals surface area (Å²) in [5.74, 6) is 1.05. The SMILES string of the molecule is Cl.N[C@@H]1CCN(C(=O)CCSc2ccc(Br)cc2)C1. The van der Waals surface area contributed by atoms with E-state index in [1.165, 1.54) is 4.90 Å². The molecule has 0 bridgehead atoms. The Labute approximate surface area is 132 Å². The molecular weight excluding hydrogens is 348 g/mol. The lowest BCUT2D eigenvalue weighted by Crippen LogP contribution is -2.31. The van der Waals surface area contributed by atoms with Gasteiger partial charge in [0.15, 0.2) is 0 Å². The summed E-state index contributed by atoms with van der Waals surface area (Å²) in [5, 5.41) is 0. The first kappa shape index (κ1) is 16.8. The lowest BCUT2D eigenvalue weighted by Gasteiger charge is -2.15. The first-order valence-corrected chi connectivity index (χ1v) is 7.85. The van der Waals surface area contributed by atoms with E-state index in [1.807, 2.05) is 17.0 Å². The fraction of sp³-hybridized carbons (Fsp3) is 0.462. The second-order valence-electron chi connectivity index (χ2n) is 4.44. The van der Waals surface area contributed by atoms with Crippen LogP contribution in [0.25, 0.3) is 0 Å². The maximum Gasteiger partial charge on any atom is 0.223 e. The number of hydrogen-bond donors (Lipinski definition) is 1. The normalized spacial score (nSPS) is 18.2. The summed E-state index contributed by atoms with van der Waals surface area (Å²) in [4.78, 5) is 15.0. The van der Waals surface area contributed by atoms with Crippen LogP contribution in [0, 0.1) is 0 Å². The average molecular weight is 366 g/mol. The van der Waals surface area contributed by atoms with Crippen LogP contribution in [-0.4, -0.2) is 35.7 Å². The number of halogens is 2. The summed E-state index contributed by atoms with van der Waals surface area (Å²) in [6.45, 7) is 1.55. The fourth-order valence-electron chi connectivity index (χ4n) is 1.96. The number of rotatable bonds is 4. The number of carbonyl (C=O) groups excluding carboxylic acids is 1. The van der Waals surface area contributed by atoms with Gasteiger partial charge >= 0.3 is 0 Å². The van der Waals surface area contributed by atoms with Gasteiger partial charge in [0.1, 0.15) is 0 Å². The van der Waals surface area contributed by atoms with Crippen molar-refractivity contribution in [2.45, 2.75) is 23.8 Å². The zero-order chi connectivity index (χ0) is 13.0. The van der Waals surface area contributed by atoms with Crippen LogP contribution in [0.2, 0.25) is 0 Å². The van der Waals surface area contributed by atoms with Crippen molar-refractivity contribution < 1.29 is 4.79 Å². The van der Waals surface area contributed by atoms with Crippen LogP contribution in [0.5, 0.6) is 0 Å². The molecule has 1 amide bonds. The van der Waals surface area contributed by atoms with Gasteiger partial charge in [-0.05, 0) is 30.7 Å². The predicted molar refractivity (Wildman–Crippen MR) is 85.9 cm³/mol. The van der Waals surface area contributed by atoms with Crippen LogP contribution in [0.3, 0.4) is 0 Å². The molecule has 6 heteroatoms. The molecule has 1 fully saturated rings. The summed E-state index contributed by atoms with van der Waals surface area (Å²) in [7, 11) is 0. The fourth-order valence-corrected chi connectivity index (χ4v) is 3.06. The van der Waals surface area contributed by atoms with E-state index in [4.69, 9.17) is 5.73 Å². The molecule has 1 heterocycles. The summed E-state index contributed by atoms with van der Waals surface area (Å²) in [5.41, 5.74) is 5.79. The molecule has 0 radical (unpaired) electrons. The third-order valence-electron chi connectivity index (χ3n) is 2.98. The van der Waals surface area contributed by atoms with Crippen molar-refractivity contribution in [2.75, 3.05) is 18.8 Å². The number of benzene rings is 1. The van der Waals surface area contributed by atoms with E-state index in [2.05, 4.69) is 28.1 Å². The summed E-state index contributed by atoms with van der Waals surface area (Å²) in [6, 6.07) is 8.33. The number of nitrogens with zero attached hydrogens (tertiary/aromatic N) is 1. The highest BCUT2D eigenvalue weighted by Gasteiger charge is 2.22. The molecule has 1 aromatic rings. The molecule has 106 valence electrons. The molecule has 1 saturated heterocycles. The van der Waals surface area contributed by atoms with Gasteiger partial charge in [-0.2, -0.15) is 0 Å². The van der Waals surface area contributed by atoms with E-state index in [0.29, 0.717) is 6.42 Å². The van der Waals surface area contributed by atoms with Crippen molar-refractivity contribution in [1.29, 1.82) is 0 Å². The highest BCUT2D eigenvalue weighted by Crippen LogP contribution is 2.21. The van der Waals surface area contributed by atoms with Crippen LogP contribution >= 0.6 is 40.1 Å². The second kappa shape index (κ2) is 8.15. The van der Waals surface area contributed by atoms with E-state index in [0.717, 1.165) is 29.7 Å². The third-order valence-corrected chi connectivity index (χ3v) is 4.52. The molecule has 1 atom stereocenters. The molecular formula is C13H18BrClN2OS. The monoisotopic (exact) mass is 364 g/mol. The summed E-state index contributed by atoms with van der Waals surface area (Å²) < 4.78 is 1.08. The second-order valence-corrected chi connectivity index (χ2v) is 6.52. The van der Waals surface area contributed by atoms with Gasteiger partial charge in [0.25, 0.3) is 0 Å². The van der Waals surface area contributed by atoms with Gasteiger partial charge in [-0.1, -0.05) is 15.9 Å². The van der Waals surface area contributed by atoms with E-state index in [-0.39, 0.29) is 24.4 Å². The van der Waals surface area contributed by atoms with Gasteiger partial charge in [-0.15, -0.1) is 24.2 Å². The summed E-state index contributed by atoms with van der Waals surface area (Å²) in [6.07, 6.45) is 1.53. The first-order valence-electron chi connectivity index (χ1n) is 6.07. The highest BCUT2D eigenvalue weighted by molar-refractivity contribution is 9.10. The topological polar surface area (TPSA) is 46.3 Å². The van der Waals surface area contributed by atoms with E-state index in [1.54, 1.807) is 11.8 Å². The molecule has 19 heavy (non-hydrogen) atoms. The third kappa shape index (κ3) is 5.34. The zero-order valence-electron chi connectivity index (χ0n) is 10.5. The van der Waals surface area contributed by atoms with Crippen LogP contribution in [0.15, 0.2) is 33.6 Å². The number of amides is 1. The van der Waals surface area contributed by atoms with Crippen molar-refractivity contribution in [3.05, 3.63) is 28.7 Å². The Balaban J connectivity index is 0.00000180. The first-order chi connectivity index (χ1) is 8.65. The van der Waals surface area contributed by atoms with Gasteiger partial charge in [-0.25, -0.2) is 0 Å². The Morgan fingerprint density at radius 2 is 2.11 bits per heavy atom. The molecule has 0 unspecified atom stereocenters. The van der Waals surface area contributed by atoms with Gasteiger partial charge in [0, 0.05) is 40.7 Å². The number of likely N-dealkylation sites (tertiary alicyclic amines) is 1. The Kier molecular flexibility index (Phi) is 7.21. The van der Waals surface area contributed by atoms with Gasteiger partial charge in [0.2, 0.25) is 5.91 Å². The quantitative estimate of drug-likeness (QED) is 0.835. The molecule has 1 aliphatic heterocycles. The van der Waals surface area contributed by atoms with Crippen LogP contribution in [-0.2, 0) is 4.79 Å². The van der Waals surface area contributed by atoms with E-state index < -0.39 is 0 Å². The van der Waals surface area contributed by atoms with Crippen LogP contribution in [0.1, 0.15) is 12.8 Å². The molecule has 0 saturated carbocycles. The summed E-state index contributed by atoms with van der Waals surface area (Å²) >= 11 is 5.12. The van der Waals surface area contributed by atoms with Crippen molar-refractivity contribution >= 4 is 46.0 Å².